The number of carbonyl (C=O) groups is 1. The van der Waals surface area contributed by atoms with Crippen LogP contribution in [0.25, 0.3) is 0 Å². The zero-order valence-corrected chi connectivity index (χ0v) is 10.4. The minimum atomic E-state index is -1.82. The van der Waals surface area contributed by atoms with Gasteiger partial charge in [0.2, 0.25) is 0 Å². The van der Waals surface area contributed by atoms with Crippen molar-refractivity contribution in [2.45, 2.75) is 26.6 Å². The lowest BCUT2D eigenvalue weighted by atomic mass is 10.1. The van der Waals surface area contributed by atoms with E-state index in [9.17, 15) is 9.18 Å². The van der Waals surface area contributed by atoms with Crippen LogP contribution in [0.5, 0.6) is 0 Å². The normalized spacial score (nSPS) is 11.5. The van der Waals surface area contributed by atoms with Crippen LogP contribution in [-0.2, 0) is 0 Å². The van der Waals surface area contributed by atoms with Crippen LogP contribution in [0.3, 0.4) is 0 Å². The highest BCUT2D eigenvalue weighted by molar-refractivity contribution is 6.88. The Morgan fingerprint density at radius 3 is 2.27 bits per heavy atom. The molecule has 0 saturated heterocycles. The van der Waals surface area contributed by atoms with Crippen LogP contribution < -0.4 is 5.19 Å². The first-order chi connectivity index (χ1) is 6.73. The molecule has 0 radical (unpaired) electrons. The van der Waals surface area contributed by atoms with Crippen LogP contribution in [0.4, 0.5) is 4.39 Å². The molecule has 4 heteroatoms. The molecule has 0 aromatic heterocycles. The van der Waals surface area contributed by atoms with Gasteiger partial charge < -0.3 is 5.11 Å². The minimum Gasteiger partial charge on any atom is -0.478 e. The average molecular weight is 226 g/mol. The fourth-order valence-electron chi connectivity index (χ4n) is 1.48. The van der Waals surface area contributed by atoms with E-state index in [-0.39, 0.29) is 11.4 Å². The van der Waals surface area contributed by atoms with Crippen molar-refractivity contribution in [3.05, 3.63) is 29.1 Å². The van der Waals surface area contributed by atoms with Crippen molar-refractivity contribution in [2.24, 2.45) is 0 Å². The molecule has 1 aromatic carbocycles. The lowest BCUT2D eigenvalue weighted by Gasteiger charge is -2.18. The molecule has 1 rings (SSSR count). The van der Waals surface area contributed by atoms with Crippen molar-refractivity contribution in [2.75, 3.05) is 0 Å². The number of aryl methyl sites for hydroxylation is 1. The van der Waals surface area contributed by atoms with Gasteiger partial charge in [-0.1, -0.05) is 19.6 Å². The standard InChI is InChI=1S/C11H15FO2Si/c1-7-5-9(12)10(15(2,3)4)6-8(7)11(13)14/h5-6H,1-4H3,(H,13,14). The third kappa shape index (κ3) is 2.44. The van der Waals surface area contributed by atoms with Gasteiger partial charge in [0.15, 0.2) is 0 Å². The summed E-state index contributed by atoms with van der Waals surface area (Å²) in [4.78, 5) is 10.9. The molecule has 0 heterocycles. The van der Waals surface area contributed by atoms with Crippen LogP contribution in [0.1, 0.15) is 15.9 Å². The highest BCUT2D eigenvalue weighted by Gasteiger charge is 2.23. The van der Waals surface area contributed by atoms with E-state index in [1.807, 2.05) is 19.6 Å². The molecular formula is C11H15FO2Si. The summed E-state index contributed by atoms with van der Waals surface area (Å²) in [6.45, 7) is 7.59. The summed E-state index contributed by atoms with van der Waals surface area (Å²) < 4.78 is 13.6. The lowest BCUT2D eigenvalue weighted by Crippen LogP contribution is -2.40. The van der Waals surface area contributed by atoms with Crippen molar-refractivity contribution < 1.29 is 14.3 Å². The predicted octanol–water partition coefficient (Wildman–Crippen LogP) is 2.38. The van der Waals surface area contributed by atoms with E-state index in [1.54, 1.807) is 6.92 Å². The Hall–Kier alpha value is -1.16. The predicted molar refractivity (Wildman–Crippen MR) is 61.1 cm³/mol. The Morgan fingerprint density at radius 1 is 1.33 bits per heavy atom. The number of carboxylic acids is 1. The van der Waals surface area contributed by atoms with Crippen LogP contribution in [0, 0.1) is 12.7 Å². The quantitative estimate of drug-likeness (QED) is 0.786. The maximum Gasteiger partial charge on any atom is 0.335 e. The molecule has 0 bridgehead atoms. The molecule has 82 valence electrons. The minimum absolute atomic E-state index is 0.203. The van der Waals surface area contributed by atoms with E-state index in [1.165, 1.54) is 12.1 Å². The molecule has 15 heavy (non-hydrogen) atoms. The zero-order chi connectivity index (χ0) is 11.8. The van der Waals surface area contributed by atoms with Gasteiger partial charge in [0.1, 0.15) is 5.82 Å². The van der Waals surface area contributed by atoms with Gasteiger partial charge in [0.25, 0.3) is 0 Å². The van der Waals surface area contributed by atoms with Gasteiger partial charge in [0.05, 0.1) is 13.6 Å². The Labute approximate surface area is 89.8 Å². The molecule has 0 aliphatic carbocycles. The van der Waals surface area contributed by atoms with Crippen molar-refractivity contribution in [1.29, 1.82) is 0 Å². The van der Waals surface area contributed by atoms with Gasteiger partial charge in [-0.05, 0) is 29.8 Å². The van der Waals surface area contributed by atoms with E-state index in [0.29, 0.717) is 10.8 Å². The Balaban J connectivity index is 3.43. The fourth-order valence-corrected chi connectivity index (χ4v) is 2.84. The van der Waals surface area contributed by atoms with Gasteiger partial charge in [-0.3, -0.25) is 0 Å². The van der Waals surface area contributed by atoms with Crippen LogP contribution in [0.15, 0.2) is 12.1 Å². The van der Waals surface area contributed by atoms with E-state index in [4.69, 9.17) is 5.11 Å². The number of hydrogen-bond acceptors (Lipinski definition) is 1. The molecular weight excluding hydrogens is 211 g/mol. The van der Waals surface area contributed by atoms with E-state index >= 15 is 0 Å². The Kier molecular flexibility index (Phi) is 2.99. The summed E-state index contributed by atoms with van der Waals surface area (Å²) >= 11 is 0. The summed E-state index contributed by atoms with van der Waals surface area (Å²) in [6.07, 6.45) is 0. The first-order valence-corrected chi connectivity index (χ1v) is 8.27. The number of benzene rings is 1. The van der Waals surface area contributed by atoms with E-state index in [2.05, 4.69) is 0 Å². The third-order valence-electron chi connectivity index (χ3n) is 2.35. The first kappa shape index (κ1) is 11.9. The highest BCUT2D eigenvalue weighted by Crippen LogP contribution is 2.13. The molecule has 2 nitrogen and oxygen atoms in total. The molecule has 0 atom stereocenters. The van der Waals surface area contributed by atoms with Crippen LogP contribution in [0.2, 0.25) is 19.6 Å². The topological polar surface area (TPSA) is 37.3 Å². The number of aromatic carboxylic acids is 1. The summed E-state index contributed by atoms with van der Waals surface area (Å²) in [5.41, 5.74) is 0.677. The Morgan fingerprint density at radius 2 is 1.87 bits per heavy atom. The molecule has 0 fully saturated rings. The third-order valence-corrected chi connectivity index (χ3v) is 4.35. The second-order valence-corrected chi connectivity index (χ2v) is 9.74. The largest absolute Gasteiger partial charge is 0.478 e. The summed E-state index contributed by atoms with van der Waals surface area (Å²) in [5.74, 6) is -1.27. The molecule has 0 amide bonds. The summed E-state index contributed by atoms with van der Waals surface area (Å²) in [7, 11) is -1.82. The first-order valence-electron chi connectivity index (χ1n) is 4.77. The summed E-state index contributed by atoms with van der Waals surface area (Å²) in [6, 6.07) is 2.80. The van der Waals surface area contributed by atoms with Gasteiger partial charge in [-0.25, -0.2) is 9.18 Å². The maximum atomic E-state index is 13.6. The molecule has 1 N–H and O–H groups in total. The van der Waals surface area contributed by atoms with E-state index < -0.39 is 14.0 Å². The number of hydrogen-bond donors (Lipinski definition) is 1. The van der Waals surface area contributed by atoms with Crippen LogP contribution >= 0.6 is 0 Å². The number of rotatable bonds is 2. The number of halogens is 1. The molecule has 0 aliphatic rings. The second kappa shape index (κ2) is 3.77. The van der Waals surface area contributed by atoms with Crippen LogP contribution in [-0.4, -0.2) is 19.1 Å². The van der Waals surface area contributed by atoms with Gasteiger partial charge in [-0.15, -0.1) is 0 Å². The van der Waals surface area contributed by atoms with Crippen molar-refractivity contribution >= 4 is 19.2 Å². The zero-order valence-electron chi connectivity index (χ0n) is 9.39. The highest BCUT2D eigenvalue weighted by atomic mass is 28.3. The molecule has 0 aliphatic heterocycles. The molecule has 0 saturated carbocycles. The number of carboxylic acid groups (broad SMARTS) is 1. The summed E-state index contributed by atoms with van der Waals surface area (Å²) in [5, 5.41) is 9.51. The average Bonchev–Trinajstić information content (AvgIpc) is 2.00. The monoisotopic (exact) mass is 226 g/mol. The SMILES string of the molecule is Cc1cc(F)c([Si](C)(C)C)cc1C(=O)O. The molecule has 1 aromatic rings. The van der Waals surface area contributed by atoms with Crippen molar-refractivity contribution in [3.8, 4) is 0 Å². The van der Waals surface area contributed by atoms with Crippen molar-refractivity contribution in [1.82, 2.24) is 0 Å². The maximum absolute atomic E-state index is 13.6. The van der Waals surface area contributed by atoms with Gasteiger partial charge in [-0.2, -0.15) is 0 Å². The van der Waals surface area contributed by atoms with Gasteiger partial charge >= 0.3 is 5.97 Å². The smallest absolute Gasteiger partial charge is 0.335 e. The Bertz CT molecular complexity index is 408. The van der Waals surface area contributed by atoms with Gasteiger partial charge in [0, 0.05) is 0 Å². The lowest BCUT2D eigenvalue weighted by molar-refractivity contribution is 0.0696. The second-order valence-electron chi connectivity index (χ2n) is 4.70. The molecule has 0 unspecified atom stereocenters. The van der Waals surface area contributed by atoms with Crippen molar-refractivity contribution in [3.63, 3.8) is 0 Å². The fraction of sp³-hybridized carbons (Fsp3) is 0.364. The molecule has 0 spiro atoms. The van der Waals surface area contributed by atoms with E-state index in [0.717, 1.165) is 0 Å².